The van der Waals surface area contributed by atoms with Gasteiger partial charge in [0.25, 0.3) is 0 Å². The van der Waals surface area contributed by atoms with E-state index < -0.39 is 12.0 Å². The Hall–Kier alpha value is -1.69. The summed E-state index contributed by atoms with van der Waals surface area (Å²) in [7, 11) is 0. The number of carboxylic acids is 1. The largest absolute Gasteiger partial charge is 0.480 e. The number of hydrogen-bond donors (Lipinski definition) is 1. The van der Waals surface area contributed by atoms with Gasteiger partial charge in [-0.1, -0.05) is 42.5 Å². The van der Waals surface area contributed by atoms with Crippen LogP contribution in [0.1, 0.15) is 18.4 Å². The first-order valence-corrected chi connectivity index (χ1v) is 8.76. The predicted octanol–water partition coefficient (Wildman–Crippen LogP) is 1.95. The Morgan fingerprint density at radius 1 is 1.12 bits per heavy atom. The molecule has 1 N–H and O–H groups in total. The van der Waals surface area contributed by atoms with Crippen molar-refractivity contribution in [3.05, 3.63) is 42.0 Å². The van der Waals surface area contributed by atoms with Crippen molar-refractivity contribution in [1.29, 1.82) is 0 Å². The fourth-order valence-electron chi connectivity index (χ4n) is 3.60. The van der Waals surface area contributed by atoms with Crippen LogP contribution >= 0.6 is 0 Å². The number of benzene rings is 1. The van der Waals surface area contributed by atoms with Crippen LogP contribution in [-0.2, 0) is 9.53 Å². The lowest BCUT2D eigenvalue weighted by atomic mass is 10.0. The third-order valence-corrected chi connectivity index (χ3v) is 4.98. The highest BCUT2D eigenvalue weighted by atomic mass is 16.5. The molecular formula is C19H26N2O3. The maximum atomic E-state index is 11.7. The van der Waals surface area contributed by atoms with E-state index in [0.29, 0.717) is 6.04 Å². The molecule has 2 aliphatic rings. The van der Waals surface area contributed by atoms with Gasteiger partial charge in [-0.25, -0.2) is 0 Å². The van der Waals surface area contributed by atoms with E-state index in [0.717, 1.165) is 57.8 Å². The number of ether oxygens (including phenoxy) is 1. The van der Waals surface area contributed by atoms with E-state index in [9.17, 15) is 9.90 Å². The molecule has 24 heavy (non-hydrogen) atoms. The summed E-state index contributed by atoms with van der Waals surface area (Å²) in [6.07, 6.45) is 5.78. The zero-order chi connectivity index (χ0) is 16.8. The van der Waals surface area contributed by atoms with Gasteiger partial charge in [0, 0.05) is 32.2 Å². The second kappa shape index (κ2) is 8.42. The van der Waals surface area contributed by atoms with Crippen LogP contribution in [0.5, 0.6) is 0 Å². The number of carbonyl (C=O) groups is 1. The summed E-state index contributed by atoms with van der Waals surface area (Å²) < 4.78 is 5.42. The van der Waals surface area contributed by atoms with Crippen LogP contribution in [0.15, 0.2) is 36.4 Å². The van der Waals surface area contributed by atoms with Gasteiger partial charge in [-0.2, -0.15) is 0 Å². The van der Waals surface area contributed by atoms with Crippen LogP contribution in [0.2, 0.25) is 0 Å². The SMILES string of the molecule is O=C(O)C(/C=C/c1ccccc1)N1CCC(N2CCOCC2)CC1. The van der Waals surface area contributed by atoms with E-state index in [1.165, 1.54) is 0 Å². The van der Waals surface area contributed by atoms with Crippen molar-refractivity contribution in [3.63, 3.8) is 0 Å². The number of nitrogens with zero attached hydrogens (tertiary/aromatic N) is 2. The van der Waals surface area contributed by atoms with Gasteiger partial charge in [-0.05, 0) is 18.4 Å². The van der Waals surface area contributed by atoms with Gasteiger partial charge in [0.15, 0.2) is 0 Å². The van der Waals surface area contributed by atoms with Gasteiger partial charge in [-0.3, -0.25) is 14.6 Å². The summed E-state index contributed by atoms with van der Waals surface area (Å²) in [6.45, 7) is 5.30. The lowest BCUT2D eigenvalue weighted by molar-refractivity contribution is -0.142. The number of aliphatic carboxylic acids is 1. The summed E-state index contributed by atoms with van der Waals surface area (Å²) in [5.41, 5.74) is 1.03. The average molecular weight is 330 g/mol. The van der Waals surface area contributed by atoms with E-state index >= 15 is 0 Å². The number of rotatable bonds is 5. The first-order valence-electron chi connectivity index (χ1n) is 8.76. The molecule has 0 radical (unpaired) electrons. The maximum Gasteiger partial charge on any atom is 0.324 e. The van der Waals surface area contributed by atoms with Crippen LogP contribution in [0, 0.1) is 0 Å². The van der Waals surface area contributed by atoms with E-state index in [4.69, 9.17) is 4.74 Å². The molecule has 1 atom stereocenters. The van der Waals surface area contributed by atoms with Crippen molar-refractivity contribution < 1.29 is 14.6 Å². The normalized spacial score (nSPS) is 22.7. The molecule has 1 aromatic carbocycles. The Bertz CT molecular complexity index is 547. The minimum atomic E-state index is -0.771. The number of morpholine rings is 1. The highest BCUT2D eigenvalue weighted by Gasteiger charge is 2.30. The minimum Gasteiger partial charge on any atom is -0.480 e. The molecule has 0 aromatic heterocycles. The van der Waals surface area contributed by atoms with Crippen LogP contribution in [-0.4, -0.2) is 72.4 Å². The zero-order valence-electron chi connectivity index (χ0n) is 14.0. The van der Waals surface area contributed by atoms with Gasteiger partial charge in [0.1, 0.15) is 6.04 Å². The van der Waals surface area contributed by atoms with E-state index in [-0.39, 0.29) is 0 Å². The molecule has 3 rings (SSSR count). The van der Waals surface area contributed by atoms with Crippen molar-refractivity contribution >= 4 is 12.0 Å². The fraction of sp³-hybridized carbons (Fsp3) is 0.526. The number of carboxylic acid groups (broad SMARTS) is 1. The van der Waals surface area contributed by atoms with Crippen LogP contribution in [0.3, 0.4) is 0 Å². The second-order valence-electron chi connectivity index (χ2n) is 6.47. The quantitative estimate of drug-likeness (QED) is 0.894. The highest BCUT2D eigenvalue weighted by molar-refractivity contribution is 5.77. The monoisotopic (exact) mass is 330 g/mol. The van der Waals surface area contributed by atoms with Crippen LogP contribution < -0.4 is 0 Å². The molecule has 2 saturated heterocycles. The molecule has 0 bridgehead atoms. The molecule has 5 heteroatoms. The Labute approximate surface area is 143 Å². The van der Waals surface area contributed by atoms with Gasteiger partial charge in [-0.15, -0.1) is 0 Å². The fourth-order valence-corrected chi connectivity index (χ4v) is 3.60. The summed E-state index contributed by atoms with van der Waals surface area (Å²) in [5.74, 6) is -0.771. The number of likely N-dealkylation sites (tertiary alicyclic amines) is 1. The summed E-state index contributed by atoms with van der Waals surface area (Å²) in [6, 6.07) is 9.88. The van der Waals surface area contributed by atoms with E-state index in [2.05, 4.69) is 9.80 Å². The third kappa shape index (κ3) is 4.44. The van der Waals surface area contributed by atoms with Crippen LogP contribution in [0.4, 0.5) is 0 Å². The topological polar surface area (TPSA) is 53.0 Å². The van der Waals surface area contributed by atoms with Crippen molar-refractivity contribution in [1.82, 2.24) is 9.80 Å². The van der Waals surface area contributed by atoms with Crippen molar-refractivity contribution in [2.45, 2.75) is 24.9 Å². The number of piperidine rings is 1. The Kier molecular flexibility index (Phi) is 6.01. The Morgan fingerprint density at radius 3 is 2.42 bits per heavy atom. The van der Waals surface area contributed by atoms with Crippen molar-refractivity contribution in [2.24, 2.45) is 0 Å². The Balaban J connectivity index is 1.57. The molecule has 2 heterocycles. The lowest BCUT2D eigenvalue weighted by Crippen LogP contribution is -2.52. The lowest BCUT2D eigenvalue weighted by Gasteiger charge is -2.41. The minimum absolute atomic E-state index is 0.546. The second-order valence-corrected chi connectivity index (χ2v) is 6.47. The molecule has 1 unspecified atom stereocenters. The number of hydrogen-bond acceptors (Lipinski definition) is 4. The molecular weight excluding hydrogens is 304 g/mol. The smallest absolute Gasteiger partial charge is 0.324 e. The zero-order valence-corrected chi connectivity index (χ0v) is 14.0. The van der Waals surface area contributed by atoms with Crippen molar-refractivity contribution in [3.8, 4) is 0 Å². The maximum absolute atomic E-state index is 11.7. The summed E-state index contributed by atoms with van der Waals surface area (Å²) in [5, 5.41) is 9.60. The molecule has 1 aromatic rings. The summed E-state index contributed by atoms with van der Waals surface area (Å²) in [4.78, 5) is 16.3. The molecule has 2 fully saturated rings. The standard InChI is InChI=1S/C19H26N2O3/c22-19(23)18(7-6-16-4-2-1-3-5-16)21-10-8-17(9-11-21)20-12-14-24-15-13-20/h1-7,17-18H,8-15H2,(H,22,23)/b7-6+. The van der Waals surface area contributed by atoms with Gasteiger partial charge in [0.2, 0.25) is 0 Å². The molecule has 5 nitrogen and oxygen atoms in total. The molecule has 2 aliphatic heterocycles. The van der Waals surface area contributed by atoms with Gasteiger partial charge >= 0.3 is 5.97 Å². The first-order chi connectivity index (χ1) is 11.7. The van der Waals surface area contributed by atoms with Gasteiger partial charge < -0.3 is 9.84 Å². The van der Waals surface area contributed by atoms with Gasteiger partial charge in [0.05, 0.1) is 13.2 Å². The summed E-state index contributed by atoms with van der Waals surface area (Å²) >= 11 is 0. The van der Waals surface area contributed by atoms with Crippen molar-refractivity contribution in [2.75, 3.05) is 39.4 Å². The average Bonchev–Trinajstić information content (AvgIpc) is 2.64. The first kappa shape index (κ1) is 17.1. The molecule has 0 saturated carbocycles. The molecule has 0 spiro atoms. The van der Waals surface area contributed by atoms with E-state index in [1.807, 2.05) is 42.5 Å². The third-order valence-electron chi connectivity index (χ3n) is 4.98. The highest BCUT2D eigenvalue weighted by Crippen LogP contribution is 2.20. The Morgan fingerprint density at radius 2 is 1.79 bits per heavy atom. The van der Waals surface area contributed by atoms with Crippen LogP contribution in [0.25, 0.3) is 6.08 Å². The molecule has 130 valence electrons. The predicted molar refractivity (Wildman–Crippen MR) is 93.9 cm³/mol. The molecule has 0 amide bonds. The molecule has 0 aliphatic carbocycles. The van der Waals surface area contributed by atoms with E-state index in [1.54, 1.807) is 0 Å².